The van der Waals surface area contributed by atoms with Gasteiger partial charge in [-0.1, -0.05) is 31.0 Å². The monoisotopic (exact) mass is 287 g/mol. The minimum Gasteiger partial charge on any atom is -0.373 e. The van der Waals surface area contributed by atoms with Crippen LogP contribution in [-0.4, -0.2) is 35.3 Å². The van der Waals surface area contributed by atoms with Crippen LogP contribution in [0.4, 0.5) is 5.69 Å². The highest BCUT2D eigenvalue weighted by Gasteiger charge is 2.35. The van der Waals surface area contributed by atoms with Gasteiger partial charge < -0.3 is 16.0 Å². The van der Waals surface area contributed by atoms with Gasteiger partial charge in [-0.2, -0.15) is 0 Å². The van der Waals surface area contributed by atoms with E-state index in [-0.39, 0.29) is 24.5 Å². The number of hydrogen-bond donors (Lipinski definition) is 2. The Labute approximate surface area is 124 Å². The summed E-state index contributed by atoms with van der Waals surface area (Å²) >= 11 is 0. The molecule has 0 radical (unpaired) electrons. The van der Waals surface area contributed by atoms with Crippen LogP contribution in [0.25, 0.3) is 0 Å². The predicted molar refractivity (Wildman–Crippen MR) is 80.7 cm³/mol. The summed E-state index contributed by atoms with van der Waals surface area (Å²) in [6, 6.07) is 7.83. The number of carbonyl (C=O) groups excluding carboxylic acids is 2. The first-order valence-corrected chi connectivity index (χ1v) is 7.58. The van der Waals surface area contributed by atoms with E-state index in [9.17, 15) is 9.59 Å². The summed E-state index contributed by atoms with van der Waals surface area (Å²) in [6.07, 6.45) is 4.85. The predicted octanol–water partition coefficient (Wildman–Crippen LogP) is 1.28. The molecule has 1 aliphatic heterocycles. The Hall–Kier alpha value is -2.04. The van der Waals surface area contributed by atoms with E-state index in [1.54, 1.807) is 4.90 Å². The molecule has 0 bridgehead atoms. The van der Waals surface area contributed by atoms with Crippen LogP contribution < -0.4 is 11.1 Å². The number of benzene rings is 1. The molecule has 21 heavy (non-hydrogen) atoms. The lowest BCUT2D eigenvalue weighted by molar-refractivity contribution is -0.138. The zero-order valence-corrected chi connectivity index (χ0v) is 12.0. The van der Waals surface area contributed by atoms with Crippen molar-refractivity contribution in [2.75, 3.05) is 11.9 Å². The van der Waals surface area contributed by atoms with Crippen molar-refractivity contribution in [1.29, 1.82) is 0 Å². The highest BCUT2D eigenvalue weighted by atomic mass is 16.2. The van der Waals surface area contributed by atoms with Crippen molar-refractivity contribution in [1.82, 2.24) is 4.90 Å². The molecule has 0 spiro atoms. The maximum Gasteiger partial charge on any atom is 0.246 e. The van der Waals surface area contributed by atoms with Gasteiger partial charge in [0.25, 0.3) is 0 Å². The molecule has 0 aromatic heterocycles. The molecule has 1 aromatic rings. The van der Waals surface area contributed by atoms with Crippen molar-refractivity contribution in [2.45, 2.75) is 44.2 Å². The third-order valence-electron chi connectivity index (χ3n) is 4.44. The number of primary amides is 1. The molecule has 1 atom stereocenters. The highest BCUT2D eigenvalue weighted by Crippen LogP contribution is 2.29. The summed E-state index contributed by atoms with van der Waals surface area (Å²) in [5.74, 6) is -0.442. The summed E-state index contributed by atoms with van der Waals surface area (Å²) in [5.41, 5.74) is 7.50. The molecule has 1 aliphatic carbocycles. The van der Waals surface area contributed by atoms with Crippen LogP contribution in [-0.2, 0) is 16.0 Å². The molecule has 0 unspecified atom stereocenters. The molecule has 2 amide bonds. The van der Waals surface area contributed by atoms with Gasteiger partial charge in [-0.15, -0.1) is 0 Å². The molecule has 5 nitrogen and oxygen atoms in total. The van der Waals surface area contributed by atoms with E-state index in [1.807, 2.05) is 24.3 Å². The molecule has 1 heterocycles. The van der Waals surface area contributed by atoms with Gasteiger partial charge in [0.1, 0.15) is 6.04 Å². The minimum absolute atomic E-state index is 0.00287. The fourth-order valence-electron chi connectivity index (χ4n) is 3.42. The lowest BCUT2D eigenvalue weighted by Crippen LogP contribution is -2.50. The number of amides is 2. The average molecular weight is 287 g/mol. The summed E-state index contributed by atoms with van der Waals surface area (Å²) in [7, 11) is 0. The second-order valence-electron chi connectivity index (χ2n) is 5.93. The largest absolute Gasteiger partial charge is 0.373 e. The van der Waals surface area contributed by atoms with Crippen molar-refractivity contribution < 1.29 is 9.59 Å². The minimum atomic E-state index is -0.439. The second-order valence-corrected chi connectivity index (χ2v) is 5.93. The lowest BCUT2D eigenvalue weighted by Gasteiger charge is -2.30. The van der Waals surface area contributed by atoms with Crippen LogP contribution >= 0.6 is 0 Å². The van der Waals surface area contributed by atoms with E-state index < -0.39 is 5.91 Å². The zero-order valence-electron chi connectivity index (χ0n) is 12.0. The van der Waals surface area contributed by atoms with Crippen molar-refractivity contribution in [3.63, 3.8) is 0 Å². The van der Waals surface area contributed by atoms with Crippen molar-refractivity contribution in [3.05, 3.63) is 29.8 Å². The van der Waals surface area contributed by atoms with E-state index in [4.69, 9.17) is 5.73 Å². The highest BCUT2D eigenvalue weighted by molar-refractivity contribution is 5.90. The van der Waals surface area contributed by atoms with Gasteiger partial charge in [-0.3, -0.25) is 9.59 Å². The zero-order chi connectivity index (χ0) is 14.8. The molecule has 3 rings (SSSR count). The Balaban J connectivity index is 1.74. The number of nitrogens with zero attached hydrogens (tertiary/aromatic N) is 1. The number of hydrogen-bond acceptors (Lipinski definition) is 3. The standard InChI is InChI=1S/C16H21N3O2/c17-15(20)10-19(12-6-2-3-7-12)16(21)14-9-11-5-1-4-8-13(11)18-14/h1,4-5,8,12,14,18H,2-3,6-7,9-10H2,(H2,17,20)/t14-/m0/s1. The molecule has 2 aliphatic rings. The van der Waals surface area contributed by atoms with Gasteiger partial charge in [0.2, 0.25) is 11.8 Å². The molecule has 1 saturated carbocycles. The Morgan fingerprint density at radius 3 is 2.62 bits per heavy atom. The molecule has 1 aromatic carbocycles. The lowest BCUT2D eigenvalue weighted by atomic mass is 10.1. The fourth-order valence-corrected chi connectivity index (χ4v) is 3.42. The van der Waals surface area contributed by atoms with Crippen LogP contribution in [0.3, 0.4) is 0 Å². The summed E-state index contributed by atoms with van der Waals surface area (Å²) in [5, 5.41) is 3.27. The molecule has 1 fully saturated rings. The first-order valence-electron chi connectivity index (χ1n) is 7.58. The van der Waals surface area contributed by atoms with E-state index in [1.165, 1.54) is 0 Å². The van der Waals surface area contributed by atoms with Gasteiger partial charge in [0.15, 0.2) is 0 Å². The topological polar surface area (TPSA) is 75.4 Å². The van der Waals surface area contributed by atoms with Gasteiger partial charge in [0, 0.05) is 18.2 Å². The fraction of sp³-hybridized carbons (Fsp3) is 0.500. The number of anilines is 1. The summed E-state index contributed by atoms with van der Waals surface area (Å²) in [6.45, 7) is 0.0258. The Morgan fingerprint density at radius 1 is 1.24 bits per heavy atom. The normalized spacial score (nSPS) is 20.9. The number of carbonyl (C=O) groups is 2. The molecule has 112 valence electrons. The van der Waals surface area contributed by atoms with Crippen molar-refractivity contribution in [2.24, 2.45) is 5.73 Å². The van der Waals surface area contributed by atoms with Crippen LogP contribution in [0, 0.1) is 0 Å². The van der Waals surface area contributed by atoms with Gasteiger partial charge in [0.05, 0.1) is 6.54 Å². The van der Waals surface area contributed by atoms with E-state index in [0.717, 1.165) is 36.9 Å². The van der Waals surface area contributed by atoms with Crippen molar-refractivity contribution in [3.8, 4) is 0 Å². The van der Waals surface area contributed by atoms with Crippen LogP contribution in [0.2, 0.25) is 0 Å². The summed E-state index contributed by atoms with van der Waals surface area (Å²) in [4.78, 5) is 25.8. The third-order valence-corrected chi connectivity index (χ3v) is 4.44. The second kappa shape index (κ2) is 5.76. The SMILES string of the molecule is NC(=O)CN(C(=O)[C@@H]1Cc2ccccc2N1)C1CCCC1. The van der Waals surface area contributed by atoms with Crippen LogP contribution in [0.1, 0.15) is 31.2 Å². The maximum absolute atomic E-state index is 12.8. The average Bonchev–Trinajstić information content (AvgIpc) is 3.12. The van der Waals surface area contributed by atoms with E-state index >= 15 is 0 Å². The number of rotatable bonds is 4. The molecular formula is C16H21N3O2. The van der Waals surface area contributed by atoms with E-state index in [2.05, 4.69) is 5.32 Å². The molecule has 5 heteroatoms. The first kappa shape index (κ1) is 13.9. The maximum atomic E-state index is 12.8. The number of para-hydroxylation sites is 1. The smallest absolute Gasteiger partial charge is 0.246 e. The quantitative estimate of drug-likeness (QED) is 0.876. The van der Waals surface area contributed by atoms with Gasteiger partial charge in [-0.25, -0.2) is 0 Å². The van der Waals surface area contributed by atoms with Gasteiger partial charge in [-0.05, 0) is 24.5 Å². The first-order chi connectivity index (χ1) is 10.1. The Kier molecular flexibility index (Phi) is 3.82. The molecule has 0 saturated heterocycles. The molecule has 3 N–H and O–H groups in total. The Bertz CT molecular complexity index is 527. The van der Waals surface area contributed by atoms with Crippen LogP contribution in [0.5, 0.6) is 0 Å². The molecular weight excluding hydrogens is 266 g/mol. The van der Waals surface area contributed by atoms with Crippen LogP contribution in [0.15, 0.2) is 24.3 Å². The number of nitrogens with two attached hydrogens (primary N) is 1. The van der Waals surface area contributed by atoms with Gasteiger partial charge >= 0.3 is 0 Å². The Morgan fingerprint density at radius 2 is 1.95 bits per heavy atom. The summed E-state index contributed by atoms with van der Waals surface area (Å²) < 4.78 is 0. The number of fused-ring (bicyclic) bond motifs is 1. The number of nitrogens with one attached hydrogen (secondary N) is 1. The third kappa shape index (κ3) is 2.86. The van der Waals surface area contributed by atoms with Crippen molar-refractivity contribution >= 4 is 17.5 Å². The van der Waals surface area contributed by atoms with E-state index in [0.29, 0.717) is 6.42 Å².